The third kappa shape index (κ3) is 7.69. The predicted octanol–water partition coefficient (Wildman–Crippen LogP) is 5.68. The SMILES string of the molecule is COC(=O)Cc1ccc(CN2CCN(c3ccc(-c4cnc5[nH]cc(C(=O)c6c(F)ccc(N(N7CC[C@@H](F)C7)S(=O)O)c6F)c5c4)cc3)CC2)cc1. The number of aromatic amines is 1. The van der Waals surface area contributed by atoms with E-state index in [4.69, 9.17) is 4.74 Å². The molecule has 7 rings (SSSR count). The number of hydrogen-bond acceptors (Lipinski definition) is 8. The topological polar surface area (TPSA) is 122 Å². The Kier molecular flexibility index (Phi) is 10.6. The molecule has 11 nitrogen and oxygen atoms in total. The van der Waals surface area contributed by atoms with Crippen molar-refractivity contribution in [2.24, 2.45) is 0 Å². The number of rotatable bonds is 11. The number of carbonyl (C=O) groups is 2. The maximum Gasteiger partial charge on any atom is 0.309 e. The van der Waals surface area contributed by atoms with E-state index in [2.05, 4.69) is 19.8 Å². The molecule has 2 aromatic heterocycles. The lowest BCUT2D eigenvalue weighted by Crippen LogP contribution is -2.45. The molecule has 15 heteroatoms. The molecule has 276 valence electrons. The van der Waals surface area contributed by atoms with Crippen LogP contribution >= 0.6 is 0 Å². The molecular formula is C38H37F3N6O5S. The van der Waals surface area contributed by atoms with E-state index in [9.17, 15) is 22.7 Å². The van der Waals surface area contributed by atoms with Gasteiger partial charge in [0, 0.05) is 73.9 Å². The number of pyridine rings is 1. The zero-order chi connectivity index (χ0) is 37.2. The molecule has 0 bridgehead atoms. The van der Waals surface area contributed by atoms with E-state index in [-0.39, 0.29) is 37.5 Å². The third-order valence-electron chi connectivity index (χ3n) is 9.74. The second-order valence-corrected chi connectivity index (χ2v) is 13.9. The zero-order valence-corrected chi connectivity index (χ0v) is 29.6. The summed E-state index contributed by atoms with van der Waals surface area (Å²) in [5.74, 6) is -3.72. The van der Waals surface area contributed by atoms with Crippen molar-refractivity contribution in [2.45, 2.75) is 25.6 Å². The van der Waals surface area contributed by atoms with Gasteiger partial charge in [0.15, 0.2) is 5.82 Å². The van der Waals surface area contributed by atoms with Crippen LogP contribution in [0.4, 0.5) is 24.5 Å². The van der Waals surface area contributed by atoms with Gasteiger partial charge >= 0.3 is 5.97 Å². The number of hydrogen-bond donors (Lipinski definition) is 2. The van der Waals surface area contributed by atoms with Gasteiger partial charge in [0.25, 0.3) is 11.3 Å². The van der Waals surface area contributed by atoms with Crippen molar-refractivity contribution < 1.29 is 36.3 Å². The fraction of sp³-hybridized carbons (Fsp3) is 0.289. The van der Waals surface area contributed by atoms with Gasteiger partial charge in [-0.3, -0.25) is 19.0 Å². The maximum absolute atomic E-state index is 15.9. The number of alkyl halides is 1. The maximum atomic E-state index is 15.9. The summed E-state index contributed by atoms with van der Waals surface area (Å²) in [7, 11) is 1.38. The number of fused-ring (bicyclic) bond motifs is 1. The highest BCUT2D eigenvalue weighted by Gasteiger charge is 2.34. The van der Waals surface area contributed by atoms with E-state index < -0.39 is 46.1 Å². The number of anilines is 2. The minimum Gasteiger partial charge on any atom is -0.469 e. The molecule has 2 aliphatic heterocycles. The van der Waals surface area contributed by atoms with Gasteiger partial charge in [-0.2, -0.15) is 4.41 Å². The van der Waals surface area contributed by atoms with Crippen LogP contribution < -0.4 is 9.31 Å². The highest BCUT2D eigenvalue weighted by molar-refractivity contribution is 7.80. The molecule has 0 amide bonds. The Morgan fingerprint density at radius 3 is 2.36 bits per heavy atom. The summed E-state index contributed by atoms with van der Waals surface area (Å²) in [6.07, 6.45) is 2.02. The predicted molar refractivity (Wildman–Crippen MR) is 195 cm³/mol. The van der Waals surface area contributed by atoms with Crippen LogP contribution in [0.2, 0.25) is 0 Å². The summed E-state index contributed by atoms with van der Waals surface area (Å²) in [5.41, 5.74) is 3.56. The van der Waals surface area contributed by atoms with E-state index in [1.165, 1.54) is 18.9 Å². The first kappa shape index (κ1) is 36.3. The summed E-state index contributed by atoms with van der Waals surface area (Å²) >= 11 is -2.81. The first-order valence-electron chi connectivity index (χ1n) is 17.1. The van der Waals surface area contributed by atoms with Crippen LogP contribution in [-0.2, 0) is 33.8 Å². The summed E-state index contributed by atoms with van der Waals surface area (Å²) < 4.78 is 72.5. The van der Waals surface area contributed by atoms with Gasteiger partial charge in [0.05, 0.1) is 25.6 Å². The van der Waals surface area contributed by atoms with Crippen molar-refractivity contribution in [1.29, 1.82) is 0 Å². The molecule has 3 aromatic carbocycles. The summed E-state index contributed by atoms with van der Waals surface area (Å²) in [6.45, 7) is 4.06. The number of nitrogens with zero attached hydrogens (tertiary/aromatic N) is 5. The Morgan fingerprint density at radius 2 is 1.70 bits per heavy atom. The number of ketones is 1. The number of aromatic nitrogens is 2. The fourth-order valence-corrected chi connectivity index (χ4v) is 7.53. The van der Waals surface area contributed by atoms with Gasteiger partial charge in [-0.25, -0.2) is 27.4 Å². The molecule has 5 aromatic rings. The number of methoxy groups -OCH3 is 1. The largest absolute Gasteiger partial charge is 0.469 e. The minimum absolute atomic E-state index is 0.0300. The lowest BCUT2D eigenvalue weighted by molar-refractivity contribution is -0.139. The molecule has 2 fully saturated rings. The van der Waals surface area contributed by atoms with Crippen molar-refractivity contribution >= 4 is 45.4 Å². The fourth-order valence-electron chi connectivity index (χ4n) is 6.87. The number of benzene rings is 3. The molecule has 2 saturated heterocycles. The first-order valence-corrected chi connectivity index (χ1v) is 18.2. The van der Waals surface area contributed by atoms with Crippen LogP contribution in [0.1, 0.15) is 33.5 Å². The Balaban J connectivity index is 1.04. The minimum atomic E-state index is -2.81. The standard InChI is InChI=1S/C38H37F3N6O5S/c1-52-34(48)18-24-2-4-25(5-3-24)22-44-14-16-45(17-15-44)29-8-6-26(7-9-29)27-19-30-31(21-43-38(30)42-20-27)37(49)35-32(40)10-11-33(36(35)41)47(53(50)51)46-13-12-28(39)23-46/h2-11,19-21,28H,12-18,22-23H2,1H3,(H,42,43)(H,50,51)/t28-/m1/s1. The number of ether oxygens (including phenoxy) is 1. The quantitative estimate of drug-likeness (QED) is 0.1000. The molecule has 2 aliphatic rings. The van der Waals surface area contributed by atoms with Gasteiger partial charge in [0.2, 0.25) is 5.78 Å². The molecular weight excluding hydrogens is 710 g/mol. The second kappa shape index (κ2) is 15.5. The van der Waals surface area contributed by atoms with Crippen molar-refractivity contribution in [3.63, 3.8) is 0 Å². The number of hydrazine groups is 1. The van der Waals surface area contributed by atoms with Gasteiger partial charge < -0.3 is 14.6 Å². The van der Waals surface area contributed by atoms with E-state index in [1.807, 2.05) is 48.5 Å². The monoisotopic (exact) mass is 746 g/mol. The molecule has 0 radical (unpaired) electrons. The average Bonchev–Trinajstić information content (AvgIpc) is 3.79. The highest BCUT2D eigenvalue weighted by Crippen LogP contribution is 2.33. The number of H-pyrrole nitrogens is 1. The Labute approximate surface area is 306 Å². The van der Waals surface area contributed by atoms with E-state index >= 15 is 8.78 Å². The molecule has 0 aliphatic carbocycles. The molecule has 4 heterocycles. The number of halogens is 3. The van der Waals surface area contributed by atoms with Gasteiger partial charge in [-0.1, -0.05) is 36.4 Å². The molecule has 0 spiro atoms. The van der Waals surface area contributed by atoms with Gasteiger partial charge in [-0.15, -0.1) is 0 Å². The van der Waals surface area contributed by atoms with E-state index in [1.54, 1.807) is 12.3 Å². The smallest absolute Gasteiger partial charge is 0.309 e. The molecule has 2 N–H and O–H groups in total. The molecule has 53 heavy (non-hydrogen) atoms. The highest BCUT2D eigenvalue weighted by atomic mass is 32.2. The van der Waals surface area contributed by atoms with Crippen molar-refractivity contribution in [3.05, 3.63) is 113 Å². The number of carbonyl (C=O) groups excluding carboxylic acids is 2. The lowest BCUT2D eigenvalue weighted by Gasteiger charge is -2.36. The third-order valence-corrected chi connectivity index (χ3v) is 10.5. The Hall–Kier alpha value is -5.09. The normalized spacial score (nSPS) is 17.3. The van der Waals surface area contributed by atoms with Crippen LogP contribution in [0.3, 0.4) is 0 Å². The van der Waals surface area contributed by atoms with Crippen LogP contribution in [0.5, 0.6) is 0 Å². The number of esters is 1. The summed E-state index contributed by atoms with van der Waals surface area (Å²) in [6, 6.07) is 19.5. The van der Waals surface area contributed by atoms with Crippen LogP contribution in [0, 0.1) is 11.6 Å². The van der Waals surface area contributed by atoms with Crippen LogP contribution in [0.15, 0.2) is 79.1 Å². The van der Waals surface area contributed by atoms with Crippen molar-refractivity contribution in [3.8, 4) is 11.1 Å². The summed E-state index contributed by atoms with van der Waals surface area (Å²) in [4.78, 5) is 37.3. The lowest BCUT2D eigenvalue weighted by atomic mass is 9.99. The van der Waals surface area contributed by atoms with Crippen LogP contribution in [-0.4, -0.2) is 92.9 Å². The molecule has 1 unspecified atom stereocenters. The van der Waals surface area contributed by atoms with Gasteiger partial charge in [0.1, 0.15) is 23.3 Å². The number of piperazine rings is 1. The van der Waals surface area contributed by atoms with E-state index in [0.29, 0.717) is 21.0 Å². The Bertz CT molecular complexity index is 2160. The first-order chi connectivity index (χ1) is 25.6. The summed E-state index contributed by atoms with van der Waals surface area (Å²) in [5, 5.41) is 1.51. The van der Waals surface area contributed by atoms with Crippen molar-refractivity contribution in [2.75, 3.05) is 55.7 Å². The second-order valence-electron chi connectivity index (χ2n) is 13.1. The Morgan fingerprint density at radius 1 is 0.981 bits per heavy atom. The molecule has 0 saturated carbocycles. The van der Waals surface area contributed by atoms with Crippen molar-refractivity contribution in [1.82, 2.24) is 19.9 Å². The average molecular weight is 747 g/mol. The van der Waals surface area contributed by atoms with Gasteiger partial charge in [-0.05, 0) is 53.4 Å². The number of nitrogens with one attached hydrogen (secondary N) is 1. The van der Waals surface area contributed by atoms with E-state index in [0.717, 1.165) is 66.7 Å². The molecule has 2 atom stereocenters. The zero-order valence-electron chi connectivity index (χ0n) is 28.8. The van der Waals surface area contributed by atoms with Crippen LogP contribution in [0.25, 0.3) is 22.2 Å².